The zero-order valence-corrected chi connectivity index (χ0v) is 24.8. The van der Waals surface area contributed by atoms with Crippen LogP contribution in [0, 0.1) is 16.0 Å². The molecule has 3 amide bonds. The lowest BCUT2D eigenvalue weighted by atomic mass is 9.76. The molecule has 0 radical (unpaired) electrons. The first-order chi connectivity index (χ1) is 20.5. The summed E-state index contributed by atoms with van der Waals surface area (Å²) in [6.45, 7) is 6.25. The number of non-ortho nitro benzene ring substituents is 1. The second-order valence-corrected chi connectivity index (χ2v) is 12.6. The molecule has 1 saturated heterocycles. The molecule has 3 aromatic carbocycles. The molecule has 10 heteroatoms. The molecular weight excluding hydrogens is 564 g/mol. The molecule has 0 saturated carbocycles. The highest BCUT2D eigenvalue weighted by Gasteiger charge is 2.57. The molecule has 220 valence electrons. The number of Topliss-reactive ketones (excluding diaryl/α,β-unsaturated/α-hetero) is 1. The number of ketones is 1. The third kappa shape index (κ3) is 5.91. The molecule has 1 aliphatic rings. The molecule has 1 aromatic heterocycles. The van der Waals surface area contributed by atoms with Crippen molar-refractivity contribution in [3.63, 3.8) is 0 Å². The summed E-state index contributed by atoms with van der Waals surface area (Å²) in [5.74, 6) is -2.87. The van der Waals surface area contributed by atoms with E-state index < -0.39 is 40.8 Å². The predicted molar refractivity (Wildman–Crippen MR) is 166 cm³/mol. The first-order valence-electron chi connectivity index (χ1n) is 13.8. The Morgan fingerprint density at radius 2 is 1.60 bits per heavy atom. The zero-order chi connectivity index (χ0) is 30.9. The van der Waals surface area contributed by atoms with Gasteiger partial charge in [0, 0.05) is 23.7 Å². The topological polar surface area (TPSA) is 136 Å². The van der Waals surface area contributed by atoms with E-state index in [1.807, 2.05) is 24.3 Å². The van der Waals surface area contributed by atoms with Crippen molar-refractivity contribution < 1.29 is 19.3 Å². The molecule has 9 nitrogen and oxygen atoms in total. The van der Waals surface area contributed by atoms with E-state index in [0.717, 1.165) is 5.56 Å². The Morgan fingerprint density at radius 1 is 0.907 bits per heavy atom. The molecule has 2 heterocycles. The van der Waals surface area contributed by atoms with Crippen LogP contribution >= 0.6 is 11.3 Å². The number of nitro benzene ring substituents is 1. The van der Waals surface area contributed by atoms with Crippen LogP contribution in [-0.2, 0) is 10.2 Å². The number of benzene rings is 3. The van der Waals surface area contributed by atoms with E-state index in [-0.39, 0.29) is 16.9 Å². The summed E-state index contributed by atoms with van der Waals surface area (Å²) in [5.41, 5.74) is 8.28. The lowest BCUT2D eigenvalue weighted by Crippen LogP contribution is -2.48. The molecule has 4 atom stereocenters. The molecule has 1 fully saturated rings. The maximum Gasteiger partial charge on any atom is 0.323 e. The second kappa shape index (κ2) is 11.8. The highest BCUT2D eigenvalue weighted by molar-refractivity contribution is 7.12. The SMILES string of the molecule is CC(C)(C)c1ccc(C2C(C(=O)c3cccs3)C(c3cccc([N+](=O)[O-])c3)N(C(=O)Nc3ccccc3)C2C(N)=O)cc1. The fraction of sp³-hybridized carbons (Fsp3) is 0.242. The fourth-order valence-electron chi connectivity index (χ4n) is 5.86. The number of rotatable bonds is 7. The van der Waals surface area contributed by atoms with Gasteiger partial charge >= 0.3 is 6.03 Å². The Hall–Kier alpha value is -4.83. The number of nitro groups is 1. The molecule has 0 bridgehead atoms. The number of primary amides is 1. The van der Waals surface area contributed by atoms with Crippen LogP contribution in [0.4, 0.5) is 16.2 Å². The number of carbonyl (C=O) groups excluding carboxylic acids is 3. The largest absolute Gasteiger partial charge is 0.368 e. The number of nitrogens with two attached hydrogens (primary N) is 1. The molecule has 1 aliphatic heterocycles. The zero-order valence-electron chi connectivity index (χ0n) is 24.0. The van der Waals surface area contributed by atoms with Crippen molar-refractivity contribution in [2.45, 2.75) is 44.2 Å². The average molecular weight is 597 g/mol. The van der Waals surface area contributed by atoms with Crippen LogP contribution in [0.2, 0.25) is 0 Å². The average Bonchev–Trinajstić information content (AvgIpc) is 3.64. The van der Waals surface area contributed by atoms with Crippen molar-refractivity contribution in [3.05, 3.63) is 128 Å². The summed E-state index contributed by atoms with van der Waals surface area (Å²) in [6, 6.07) is 22.8. The number of nitrogens with zero attached hydrogens (tertiary/aromatic N) is 2. The fourth-order valence-corrected chi connectivity index (χ4v) is 6.58. The van der Waals surface area contributed by atoms with Crippen molar-refractivity contribution in [1.29, 1.82) is 0 Å². The van der Waals surface area contributed by atoms with Gasteiger partial charge in [-0.3, -0.25) is 19.7 Å². The van der Waals surface area contributed by atoms with Crippen LogP contribution in [-0.4, -0.2) is 33.6 Å². The summed E-state index contributed by atoms with van der Waals surface area (Å²) >= 11 is 1.26. The lowest BCUT2D eigenvalue weighted by molar-refractivity contribution is -0.385. The Bertz CT molecular complexity index is 1650. The normalized spacial score (nSPS) is 20.0. The molecular formula is C33H32N4O5S. The number of para-hydroxylation sites is 1. The minimum absolute atomic E-state index is 0.142. The first-order valence-corrected chi connectivity index (χ1v) is 14.7. The Balaban J connectivity index is 1.74. The molecule has 43 heavy (non-hydrogen) atoms. The van der Waals surface area contributed by atoms with E-state index in [0.29, 0.717) is 21.7 Å². The van der Waals surface area contributed by atoms with Crippen molar-refractivity contribution in [2.75, 3.05) is 5.32 Å². The molecule has 4 aromatic rings. The van der Waals surface area contributed by atoms with Crippen molar-refractivity contribution in [2.24, 2.45) is 11.7 Å². The maximum absolute atomic E-state index is 14.4. The van der Waals surface area contributed by atoms with Gasteiger partial charge < -0.3 is 16.0 Å². The standard InChI is InChI=1S/C33H32N4O5S/c1-33(2,3)22-16-14-20(15-17-22)26-27(30(38)25-13-8-18-43-25)28(21-9-7-12-24(19-21)37(41)42)36(29(26)31(34)39)32(40)35-23-10-5-4-6-11-23/h4-19,26-29H,1-3H3,(H2,34,39)(H,35,40). The minimum atomic E-state index is -1.23. The van der Waals surface area contributed by atoms with Crippen LogP contribution in [0.5, 0.6) is 0 Å². The van der Waals surface area contributed by atoms with Gasteiger partial charge in [0.05, 0.1) is 21.8 Å². The molecule has 4 unspecified atom stereocenters. The second-order valence-electron chi connectivity index (χ2n) is 11.6. The highest BCUT2D eigenvalue weighted by Crippen LogP contribution is 2.52. The van der Waals surface area contributed by atoms with Crippen LogP contribution in [0.15, 0.2) is 96.4 Å². The van der Waals surface area contributed by atoms with E-state index in [2.05, 4.69) is 26.1 Å². The number of nitrogens with one attached hydrogen (secondary N) is 1. The van der Waals surface area contributed by atoms with Crippen LogP contribution in [0.25, 0.3) is 0 Å². The lowest BCUT2D eigenvalue weighted by Gasteiger charge is -2.30. The smallest absolute Gasteiger partial charge is 0.323 e. The van der Waals surface area contributed by atoms with Gasteiger partial charge in [0.2, 0.25) is 5.91 Å². The summed E-state index contributed by atoms with van der Waals surface area (Å²) in [5, 5.41) is 16.4. The van der Waals surface area contributed by atoms with Gasteiger partial charge in [0.1, 0.15) is 6.04 Å². The highest BCUT2D eigenvalue weighted by atomic mass is 32.1. The summed E-state index contributed by atoms with van der Waals surface area (Å²) < 4.78 is 0. The molecule has 5 rings (SSSR count). The van der Waals surface area contributed by atoms with Crippen LogP contribution in [0.1, 0.15) is 59.1 Å². The number of amides is 3. The van der Waals surface area contributed by atoms with Gasteiger partial charge in [-0.15, -0.1) is 11.3 Å². The number of hydrogen-bond acceptors (Lipinski definition) is 6. The van der Waals surface area contributed by atoms with Gasteiger partial charge in [0.25, 0.3) is 5.69 Å². The van der Waals surface area contributed by atoms with Gasteiger partial charge in [-0.2, -0.15) is 0 Å². The van der Waals surface area contributed by atoms with Gasteiger partial charge in [-0.05, 0) is 45.7 Å². The van der Waals surface area contributed by atoms with Gasteiger partial charge in [-0.1, -0.05) is 81.4 Å². The van der Waals surface area contributed by atoms with Gasteiger partial charge in [0.15, 0.2) is 5.78 Å². The first kappa shape index (κ1) is 29.7. The van der Waals surface area contributed by atoms with E-state index >= 15 is 0 Å². The number of carbonyl (C=O) groups is 3. The Kier molecular flexibility index (Phi) is 8.14. The van der Waals surface area contributed by atoms with E-state index in [4.69, 9.17) is 5.73 Å². The summed E-state index contributed by atoms with van der Waals surface area (Å²) in [7, 11) is 0. The third-order valence-electron chi connectivity index (χ3n) is 7.87. The molecule has 3 N–H and O–H groups in total. The Morgan fingerprint density at radius 3 is 2.19 bits per heavy atom. The third-order valence-corrected chi connectivity index (χ3v) is 8.75. The maximum atomic E-state index is 14.4. The number of hydrogen-bond donors (Lipinski definition) is 2. The monoisotopic (exact) mass is 596 g/mol. The van der Waals surface area contributed by atoms with E-state index in [1.165, 1.54) is 34.4 Å². The number of likely N-dealkylation sites (tertiary alicyclic amines) is 1. The minimum Gasteiger partial charge on any atom is -0.368 e. The van der Waals surface area contributed by atoms with Crippen molar-refractivity contribution >= 4 is 40.4 Å². The quantitative estimate of drug-likeness (QED) is 0.139. The van der Waals surface area contributed by atoms with Crippen LogP contribution < -0.4 is 11.1 Å². The van der Waals surface area contributed by atoms with E-state index in [9.17, 15) is 24.5 Å². The number of urea groups is 1. The number of anilines is 1. The summed E-state index contributed by atoms with van der Waals surface area (Å²) in [4.78, 5) is 54.9. The van der Waals surface area contributed by atoms with Crippen LogP contribution in [0.3, 0.4) is 0 Å². The van der Waals surface area contributed by atoms with Gasteiger partial charge in [-0.25, -0.2) is 4.79 Å². The Labute approximate surface area is 253 Å². The van der Waals surface area contributed by atoms with Crippen molar-refractivity contribution in [1.82, 2.24) is 4.90 Å². The van der Waals surface area contributed by atoms with E-state index in [1.54, 1.807) is 53.9 Å². The number of thiophene rings is 1. The molecule has 0 aliphatic carbocycles. The predicted octanol–water partition coefficient (Wildman–Crippen LogP) is 6.68. The summed E-state index contributed by atoms with van der Waals surface area (Å²) in [6.07, 6.45) is 0. The molecule has 0 spiro atoms. The van der Waals surface area contributed by atoms with Crippen molar-refractivity contribution in [3.8, 4) is 0 Å².